The summed E-state index contributed by atoms with van der Waals surface area (Å²) in [5.41, 5.74) is 1.30. The molecular weight excluding hydrogens is 507 g/mol. The molecule has 0 aromatic heterocycles. The van der Waals surface area contributed by atoms with Gasteiger partial charge in [-0.3, -0.25) is 0 Å². The molecule has 0 amide bonds. The zero-order valence-electron chi connectivity index (χ0n) is 18.0. The van der Waals surface area contributed by atoms with Crippen molar-refractivity contribution < 1.29 is 34.9 Å². The van der Waals surface area contributed by atoms with Crippen molar-refractivity contribution in [3.63, 3.8) is 0 Å². The first-order valence-electron chi connectivity index (χ1n) is 9.90. The first-order valence-corrected chi connectivity index (χ1v) is 12.5. The second-order valence-corrected chi connectivity index (χ2v) is 10.4. The number of halogens is 5. The fraction of sp³-hybridized carbons (Fsp3) is 0.0400. The lowest BCUT2D eigenvalue weighted by Gasteiger charge is -2.10. The van der Waals surface area contributed by atoms with E-state index in [9.17, 15) is 34.9 Å². The van der Waals surface area contributed by atoms with Crippen LogP contribution in [0.5, 0.6) is 0 Å². The lowest BCUT2D eigenvalue weighted by molar-refractivity contribution is 0.350. The van der Waals surface area contributed by atoms with Crippen molar-refractivity contribution in [2.75, 3.05) is 0 Å². The Morgan fingerprint density at radius 1 is 0.571 bits per heavy atom. The zero-order chi connectivity index (χ0) is 25.8. The van der Waals surface area contributed by atoms with Gasteiger partial charge in [-0.1, -0.05) is 54.1 Å². The highest BCUT2D eigenvalue weighted by molar-refractivity contribution is 7.97. The number of rotatable bonds is 4. The van der Waals surface area contributed by atoms with Crippen LogP contribution in [0.2, 0.25) is 0 Å². The fourth-order valence-electron chi connectivity index (χ4n) is 3.00. The quantitative estimate of drug-likeness (QED) is 0.102. The monoisotopic (exact) mass is 524 g/mol. The van der Waals surface area contributed by atoms with Crippen LogP contribution in [-0.4, -0.2) is 13.0 Å². The molecule has 4 rings (SSSR count). The topological polar surface area (TPSA) is 57.2 Å². The fourth-order valence-corrected chi connectivity index (χ4v) is 5.70. The normalized spacial score (nSPS) is 11.2. The number of benzene rings is 4. The van der Waals surface area contributed by atoms with E-state index in [4.69, 9.17) is 0 Å². The van der Waals surface area contributed by atoms with Crippen LogP contribution in [0.25, 0.3) is 0 Å². The molecule has 4 aromatic rings. The third-order valence-corrected chi connectivity index (χ3v) is 7.72. The molecule has 0 N–H and O–H groups in total. The highest BCUT2D eigenvalue weighted by Crippen LogP contribution is 2.31. The summed E-state index contributed by atoms with van der Waals surface area (Å²) in [5.74, 6) is -12.8. The Morgan fingerprint density at radius 2 is 0.914 bits per heavy atom. The predicted octanol–water partition coefficient (Wildman–Crippen LogP) is 6.38. The molecule has 0 aliphatic heterocycles. The predicted molar refractivity (Wildman–Crippen MR) is 120 cm³/mol. The molecule has 0 spiro atoms. The maximum atomic E-state index is 12.6. The minimum absolute atomic E-state index is 0.0229. The van der Waals surface area contributed by atoms with Gasteiger partial charge in [0.2, 0.25) is 5.82 Å². The first-order chi connectivity index (χ1) is 16.5. The Balaban J connectivity index is 0.000000205. The molecule has 0 aliphatic rings. The van der Waals surface area contributed by atoms with Crippen LogP contribution in [0.1, 0.15) is 5.56 Å². The van der Waals surface area contributed by atoms with Gasteiger partial charge in [0.1, 0.15) is 15.0 Å². The van der Waals surface area contributed by atoms with Crippen molar-refractivity contribution >= 4 is 21.0 Å². The molecule has 10 heteroatoms. The minimum atomic E-state index is -5.77. The second kappa shape index (κ2) is 11.0. The van der Waals surface area contributed by atoms with Crippen molar-refractivity contribution in [2.24, 2.45) is 0 Å². The van der Waals surface area contributed by atoms with Crippen LogP contribution in [0, 0.1) is 36.0 Å². The van der Waals surface area contributed by atoms with Crippen molar-refractivity contribution in [1.29, 1.82) is 0 Å². The van der Waals surface area contributed by atoms with Gasteiger partial charge in [0.05, 0.1) is 10.9 Å². The molecule has 0 atom stereocenters. The van der Waals surface area contributed by atoms with Gasteiger partial charge < -0.3 is 4.55 Å². The molecule has 182 valence electrons. The van der Waals surface area contributed by atoms with Crippen molar-refractivity contribution in [3.05, 3.63) is 120 Å². The summed E-state index contributed by atoms with van der Waals surface area (Å²) in [4.78, 5) is 1.72. The van der Waals surface area contributed by atoms with Crippen LogP contribution in [0.3, 0.4) is 0 Å². The summed E-state index contributed by atoms with van der Waals surface area (Å²) in [5, 5.41) is 0. The molecule has 0 bridgehead atoms. The third kappa shape index (κ3) is 6.08. The van der Waals surface area contributed by atoms with E-state index in [1.54, 1.807) is 0 Å². The molecule has 0 aliphatic carbocycles. The molecular formula is C25H17F5O3S2. The van der Waals surface area contributed by atoms with Crippen LogP contribution in [0.4, 0.5) is 22.0 Å². The SMILES string of the molecule is Cc1ccc([S+](c2ccccc2)c2ccccc2)cc1.O=S(=O)([O-])c1c(F)c(F)c(F)c(F)c1F. The first kappa shape index (κ1) is 26.4. The second-order valence-electron chi connectivity index (χ2n) is 7.10. The van der Waals surface area contributed by atoms with E-state index in [0.717, 1.165) is 0 Å². The van der Waals surface area contributed by atoms with E-state index in [0.29, 0.717) is 0 Å². The van der Waals surface area contributed by atoms with E-state index < -0.39 is 44.1 Å². The lowest BCUT2D eigenvalue weighted by Crippen LogP contribution is -2.12. The van der Waals surface area contributed by atoms with E-state index in [1.807, 2.05) is 0 Å². The Bertz CT molecular complexity index is 1340. The molecule has 3 nitrogen and oxygen atoms in total. The molecule has 35 heavy (non-hydrogen) atoms. The summed E-state index contributed by atoms with van der Waals surface area (Å²) in [6.45, 7) is 2.13. The van der Waals surface area contributed by atoms with Gasteiger partial charge in [-0.15, -0.1) is 0 Å². The van der Waals surface area contributed by atoms with Gasteiger partial charge >= 0.3 is 0 Å². The minimum Gasteiger partial charge on any atom is -0.744 e. The number of hydrogen-bond acceptors (Lipinski definition) is 3. The Morgan fingerprint density at radius 3 is 1.29 bits per heavy atom. The van der Waals surface area contributed by atoms with E-state index in [1.165, 1.54) is 20.2 Å². The maximum absolute atomic E-state index is 12.6. The van der Waals surface area contributed by atoms with Crippen molar-refractivity contribution in [2.45, 2.75) is 26.5 Å². The third-order valence-electron chi connectivity index (χ3n) is 4.63. The molecule has 4 aromatic carbocycles. The number of aryl methyl sites for hydroxylation is 1. The maximum Gasteiger partial charge on any atom is 0.200 e. The van der Waals surface area contributed by atoms with Crippen LogP contribution < -0.4 is 0 Å². The van der Waals surface area contributed by atoms with E-state index in [-0.39, 0.29) is 10.9 Å². The molecule has 0 radical (unpaired) electrons. The van der Waals surface area contributed by atoms with Gasteiger partial charge in [0, 0.05) is 0 Å². The molecule has 0 fully saturated rings. The van der Waals surface area contributed by atoms with E-state index >= 15 is 0 Å². The van der Waals surface area contributed by atoms with Gasteiger partial charge in [0.15, 0.2) is 38.0 Å². The molecule has 0 saturated heterocycles. The Labute approximate surface area is 202 Å². The average Bonchev–Trinajstić information content (AvgIpc) is 2.84. The van der Waals surface area contributed by atoms with Crippen LogP contribution in [0.15, 0.2) is 105 Å². The Hall–Kier alpha value is -3.21. The summed E-state index contributed by atoms with van der Waals surface area (Å²) < 4.78 is 92.9. The van der Waals surface area contributed by atoms with Gasteiger partial charge in [-0.25, -0.2) is 30.4 Å². The molecule has 0 saturated carbocycles. The van der Waals surface area contributed by atoms with Crippen LogP contribution in [-0.2, 0) is 21.0 Å². The summed E-state index contributed by atoms with van der Waals surface area (Å²) in [7, 11) is -5.80. The molecule has 0 unspecified atom stereocenters. The zero-order valence-corrected chi connectivity index (χ0v) is 19.6. The standard InChI is InChI=1S/C19H17S.C6HF5O3S/c1-16-12-14-19(15-13-16)20(17-8-4-2-5-9-17)18-10-6-3-7-11-18;7-1-2(8)4(10)6(15(12,13)14)5(11)3(1)9/h2-15H,1H3;(H,12,13,14)/q+1;/p-1. The van der Waals surface area contributed by atoms with Crippen LogP contribution >= 0.6 is 0 Å². The van der Waals surface area contributed by atoms with Crippen molar-refractivity contribution in [1.82, 2.24) is 0 Å². The number of hydrogen-bond donors (Lipinski definition) is 0. The summed E-state index contributed by atoms with van der Waals surface area (Å²) >= 11 is 0. The van der Waals surface area contributed by atoms with E-state index in [2.05, 4.69) is 91.9 Å². The molecule has 0 heterocycles. The Kier molecular flexibility index (Phi) is 8.31. The highest BCUT2D eigenvalue weighted by Gasteiger charge is 2.29. The lowest BCUT2D eigenvalue weighted by atomic mass is 10.2. The summed E-state index contributed by atoms with van der Waals surface area (Å²) in [6.07, 6.45) is 0. The van der Waals surface area contributed by atoms with Gasteiger partial charge in [-0.2, -0.15) is 0 Å². The van der Waals surface area contributed by atoms with Crippen molar-refractivity contribution in [3.8, 4) is 0 Å². The average molecular weight is 525 g/mol. The summed E-state index contributed by atoms with van der Waals surface area (Å²) in [6, 6.07) is 30.4. The smallest absolute Gasteiger partial charge is 0.200 e. The van der Waals surface area contributed by atoms with Gasteiger partial charge in [0.25, 0.3) is 0 Å². The largest absolute Gasteiger partial charge is 0.744 e. The highest BCUT2D eigenvalue weighted by atomic mass is 32.2. The van der Waals surface area contributed by atoms with Gasteiger partial charge in [-0.05, 0) is 43.3 Å².